The fraction of sp³-hybridized carbons (Fsp3) is 0.286. The standard InChI is InChI=1S/C28H29N3O4/c1-2-19-7-12-21(13-8-19)22-14-9-20(10-15-22)11-16-26(32)24(28(34)35)17-18-31-27(33)23-5-3-4-6-25(23)29-30-31/h3-10,12-15,24,26,32H,2,11,16-18H2,1H3,(H,34,35). The van der Waals surface area contributed by atoms with Gasteiger partial charge < -0.3 is 10.2 Å². The molecule has 4 aromatic rings. The van der Waals surface area contributed by atoms with E-state index in [0.717, 1.165) is 27.8 Å². The Kier molecular flexibility index (Phi) is 7.67. The van der Waals surface area contributed by atoms with Gasteiger partial charge in [-0.2, -0.15) is 0 Å². The van der Waals surface area contributed by atoms with E-state index in [1.165, 1.54) is 5.56 Å². The third-order valence-electron chi connectivity index (χ3n) is 6.44. The first-order chi connectivity index (χ1) is 17.0. The number of carbonyl (C=O) groups is 1. The molecule has 2 unspecified atom stereocenters. The number of nitrogens with zero attached hydrogens (tertiary/aromatic N) is 3. The lowest BCUT2D eigenvalue weighted by Crippen LogP contribution is -2.32. The van der Waals surface area contributed by atoms with Gasteiger partial charge in [0.2, 0.25) is 0 Å². The molecule has 35 heavy (non-hydrogen) atoms. The molecule has 2 atom stereocenters. The van der Waals surface area contributed by atoms with Gasteiger partial charge in [-0.25, -0.2) is 4.68 Å². The summed E-state index contributed by atoms with van der Waals surface area (Å²) in [6.07, 6.45) is 0.898. The smallest absolute Gasteiger partial charge is 0.309 e. The summed E-state index contributed by atoms with van der Waals surface area (Å²) in [4.78, 5) is 24.4. The molecule has 7 heteroatoms. The molecule has 7 nitrogen and oxygen atoms in total. The zero-order chi connectivity index (χ0) is 24.8. The van der Waals surface area contributed by atoms with Crippen LogP contribution in [0.3, 0.4) is 0 Å². The van der Waals surface area contributed by atoms with E-state index in [2.05, 4.69) is 41.5 Å². The fourth-order valence-electron chi connectivity index (χ4n) is 4.22. The number of aliphatic hydroxyl groups is 1. The van der Waals surface area contributed by atoms with E-state index in [9.17, 15) is 19.8 Å². The van der Waals surface area contributed by atoms with Crippen LogP contribution in [-0.4, -0.2) is 37.3 Å². The average molecular weight is 472 g/mol. The van der Waals surface area contributed by atoms with Crippen LogP contribution in [0.2, 0.25) is 0 Å². The summed E-state index contributed by atoms with van der Waals surface area (Å²) < 4.78 is 1.16. The van der Waals surface area contributed by atoms with E-state index >= 15 is 0 Å². The van der Waals surface area contributed by atoms with Crippen LogP contribution < -0.4 is 5.56 Å². The van der Waals surface area contributed by atoms with Gasteiger partial charge in [0.1, 0.15) is 5.52 Å². The summed E-state index contributed by atoms with van der Waals surface area (Å²) in [6, 6.07) is 23.5. The minimum Gasteiger partial charge on any atom is -0.481 e. The Labute approximate surface area is 203 Å². The summed E-state index contributed by atoms with van der Waals surface area (Å²) in [6.45, 7) is 2.20. The highest BCUT2D eigenvalue weighted by molar-refractivity contribution is 5.76. The van der Waals surface area contributed by atoms with Gasteiger partial charge >= 0.3 is 5.97 Å². The van der Waals surface area contributed by atoms with Crippen molar-refractivity contribution in [1.82, 2.24) is 15.0 Å². The molecule has 0 radical (unpaired) electrons. The number of benzene rings is 3. The van der Waals surface area contributed by atoms with Crippen molar-refractivity contribution in [2.75, 3.05) is 0 Å². The maximum Gasteiger partial charge on any atom is 0.309 e. The Balaban J connectivity index is 1.36. The Morgan fingerprint density at radius 1 is 0.914 bits per heavy atom. The average Bonchev–Trinajstić information content (AvgIpc) is 2.89. The number of carboxylic acid groups (broad SMARTS) is 1. The molecule has 0 bridgehead atoms. The van der Waals surface area contributed by atoms with Gasteiger partial charge in [-0.15, -0.1) is 5.10 Å². The second-order valence-electron chi connectivity index (χ2n) is 8.72. The number of aliphatic carboxylic acids is 1. The van der Waals surface area contributed by atoms with Crippen molar-refractivity contribution < 1.29 is 15.0 Å². The molecule has 0 aliphatic carbocycles. The zero-order valence-electron chi connectivity index (χ0n) is 19.7. The van der Waals surface area contributed by atoms with Gasteiger partial charge in [0.15, 0.2) is 0 Å². The third-order valence-corrected chi connectivity index (χ3v) is 6.44. The van der Waals surface area contributed by atoms with Gasteiger partial charge in [0, 0.05) is 6.54 Å². The van der Waals surface area contributed by atoms with Crippen LogP contribution >= 0.6 is 0 Å². The van der Waals surface area contributed by atoms with Gasteiger partial charge in [-0.1, -0.05) is 72.8 Å². The molecule has 0 aliphatic rings. The molecule has 0 amide bonds. The highest BCUT2D eigenvalue weighted by Gasteiger charge is 2.26. The Bertz CT molecular complexity index is 1350. The maximum absolute atomic E-state index is 12.6. The summed E-state index contributed by atoms with van der Waals surface area (Å²) in [5.74, 6) is -2.10. The molecule has 0 saturated heterocycles. The minimum atomic E-state index is -1.09. The largest absolute Gasteiger partial charge is 0.481 e. The number of aryl methyl sites for hydroxylation is 3. The van der Waals surface area contributed by atoms with E-state index in [1.807, 2.05) is 24.3 Å². The first-order valence-corrected chi connectivity index (χ1v) is 11.9. The molecule has 0 fully saturated rings. The highest BCUT2D eigenvalue weighted by atomic mass is 16.4. The summed E-state index contributed by atoms with van der Waals surface area (Å²) >= 11 is 0. The number of fused-ring (bicyclic) bond motifs is 1. The topological polar surface area (TPSA) is 105 Å². The number of aromatic nitrogens is 3. The molecule has 0 saturated carbocycles. The highest BCUT2D eigenvalue weighted by Crippen LogP contribution is 2.22. The van der Waals surface area contributed by atoms with Crippen molar-refractivity contribution in [1.29, 1.82) is 0 Å². The SMILES string of the molecule is CCc1ccc(-c2ccc(CCC(O)C(CCn3nnc4ccccc4c3=O)C(=O)O)cc2)cc1. The predicted octanol–water partition coefficient (Wildman–Crippen LogP) is 4.11. The van der Waals surface area contributed by atoms with Gasteiger partial charge in [0.05, 0.1) is 17.4 Å². The second-order valence-corrected chi connectivity index (χ2v) is 8.72. The summed E-state index contributed by atoms with van der Waals surface area (Å²) in [5.41, 5.74) is 4.75. The lowest BCUT2D eigenvalue weighted by Gasteiger charge is -2.19. The first-order valence-electron chi connectivity index (χ1n) is 11.9. The second kappa shape index (κ2) is 11.1. The molecule has 3 aromatic carbocycles. The molecule has 0 aliphatic heterocycles. The Morgan fingerprint density at radius 3 is 2.17 bits per heavy atom. The molecule has 180 valence electrons. The van der Waals surface area contributed by atoms with Crippen molar-refractivity contribution in [3.63, 3.8) is 0 Å². The first kappa shape index (κ1) is 24.3. The lowest BCUT2D eigenvalue weighted by atomic mass is 9.93. The van der Waals surface area contributed by atoms with Crippen LogP contribution in [-0.2, 0) is 24.2 Å². The van der Waals surface area contributed by atoms with E-state index in [0.29, 0.717) is 23.7 Å². The maximum atomic E-state index is 12.6. The molecule has 4 rings (SSSR count). The molecule has 1 heterocycles. The fourth-order valence-corrected chi connectivity index (χ4v) is 4.22. The normalized spacial score (nSPS) is 13.0. The van der Waals surface area contributed by atoms with Crippen LogP contribution in [0.5, 0.6) is 0 Å². The number of hydrogen-bond acceptors (Lipinski definition) is 5. The number of rotatable bonds is 10. The Morgan fingerprint density at radius 2 is 1.54 bits per heavy atom. The van der Waals surface area contributed by atoms with Crippen LogP contribution in [0, 0.1) is 5.92 Å². The number of carboxylic acids is 1. The Hall–Kier alpha value is -3.84. The van der Waals surface area contributed by atoms with E-state index in [1.54, 1.807) is 24.3 Å². The van der Waals surface area contributed by atoms with E-state index < -0.39 is 18.0 Å². The van der Waals surface area contributed by atoms with Gasteiger partial charge in [-0.05, 0) is 60.1 Å². The zero-order valence-corrected chi connectivity index (χ0v) is 19.7. The summed E-state index contributed by atoms with van der Waals surface area (Å²) in [5, 5.41) is 28.7. The van der Waals surface area contributed by atoms with Crippen molar-refractivity contribution in [2.45, 2.75) is 45.3 Å². The van der Waals surface area contributed by atoms with Crippen molar-refractivity contribution in [3.8, 4) is 11.1 Å². The molecule has 2 N–H and O–H groups in total. The van der Waals surface area contributed by atoms with Crippen LogP contribution in [0.15, 0.2) is 77.6 Å². The molecule has 0 spiro atoms. The monoisotopic (exact) mass is 471 g/mol. The van der Waals surface area contributed by atoms with Crippen LogP contribution in [0.25, 0.3) is 22.0 Å². The third kappa shape index (κ3) is 5.81. The predicted molar refractivity (Wildman–Crippen MR) is 135 cm³/mol. The minimum absolute atomic E-state index is 0.0657. The lowest BCUT2D eigenvalue weighted by molar-refractivity contribution is -0.146. The van der Waals surface area contributed by atoms with E-state index in [4.69, 9.17) is 0 Å². The number of aliphatic hydroxyl groups excluding tert-OH is 1. The van der Waals surface area contributed by atoms with Gasteiger partial charge in [-0.3, -0.25) is 9.59 Å². The molecular weight excluding hydrogens is 442 g/mol. The van der Waals surface area contributed by atoms with Crippen LogP contribution in [0.1, 0.15) is 30.9 Å². The van der Waals surface area contributed by atoms with E-state index in [-0.39, 0.29) is 18.5 Å². The van der Waals surface area contributed by atoms with Crippen molar-refractivity contribution in [2.24, 2.45) is 5.92 Å². The molecular formula is C28H29N3O4. The number of hydrogen-bond donors (Lipinski definition) is 2. The van der Waals surface area contributed by atoms with Crippen LogP contribution in [0.4, 0.5) is 0 Å². The van der Waals surface area contributed by atoms with Gasteiger partial charge in [0.25, 0.3) is 5.56 Å². The summed E-state index contributed by atoms with van der Waals surface area (Å²) in [7, 11) is 0. The molecule has 1 aromatic heterocycles. The quantitative estimate of drug-likeness (QED) is 0.361. The van der Waals surface area contributed by atoms with Crippen molar-refractivity contribution >= 4 is 16.9 Å². The van der Waals surface area contributed by atoms with Crippen molar-refractivity contribution in [3.05, 3.63) is 94.3 Å².